The van der Waals surface area contributed by atoms with E-state index in [9.17, 15) is 0 Å². The van der Waals surface area contributed by atoms with Crippen molar-refractivity contribution in [3.8, 4) is 0 Å². The Morgan fingerprint density at radius 2 is 1.42 bits per heavy atom. The van der Waals surface area contributed by atoms with Gasteiger partial charge in [0.05, 0.1) is 0 Å². The van der Waals surface area contributed by atoms with Gasteiger partial charge in [-0.3, -0.25) is 0 Å². The molecule has 2 rings (SSSR count). The molecule has 0 N–H and O–H groups in total. The normalized spacial score (nSPS) is 11.5. The van der Waals surface area contributed by atoms with Crippen LogP contribution in [0.5, 0.6) is 0 Å². The Bertz CT molecular complexity index is 468. The lowest BCUT2D eigenvalue weighted by Gasteiger charge is -2.25. The van der Waals surface area contributed by atoms with E-state index in [2.05, 4.69) is 80.9 Å². The Hall–Kier alpha value is -1.56. The van der Waals surface area contributed by atoms with Gasteiger partial charge in [0.1, 0.15) is 0 Å². The summed E-state index contributed by atoms with van der Waals surface area (Å²) in [6.07, 6.45) is 6.00. The molecule has 0 fully saturated rings. The molecule has 0 aliphatic carbocycles. The minimum absolute atomic E-state index is 0.165. The van der Waals surface area contributed by atoms with Gasteiger partial charge in [0.15, 0.2) is 0 Å². The summed E-state index contributed by atoms with van der Waals surface area (Å²) in [5, 5.41) is 0. The van der Waals surface area contributed by atoms with E-state index in [1.807, 2.05) is 0 Å². The molecule has 2 aromatic carbocycles. The SMILES string of the molecule is CC(C)([CH]CCCc1ccccc1)c1ccccc1. The van der Waals surface area contributed by atoms with E-state index in [4.69, 9.17) is 0 Å². The summed E-state index contributed by atoms with van der Waals surface area (Å²) < 4.78 is 0. The van der Waals surface area contributed by atoms with Crippen molar-refractivity contribution in [2.75, 3.05) is 0 Å². The van der Waals surface area contributed by atoms with Crippen LogP contribution in [-0.2, 0) is 11.8 Å². The monoisotopic (exact) mass is 251 g/mol. The van der Waals surface area contributed by atoms with Gasteiger partial charge in [-0.05, 0) is 42.2 Å². The highest BCUT2D eigenvalue weighted by Gasteiger charge is 2.19. The lowest BCUT2D eigenvalue weighted by molar-refractivity contribution is 0.571. The van der Waals surface area contributed by atoms with Crippen molar-refractivity contribution in [1.82, 2.24) is 0 Å². The van der Waals surface area contributed by atoms with E-state index in [1.165, 1.54) is 24.0 Å². The van der Waals surface area contributed by atoms with Gasteiger partial charge in [0.25, 0.3) is 0 Å². The zero-order valence-corrected chi connectivity index (χ0v) is 12.0. The van der Waals surface area contributed by atoms with E-state index >= 15 is 0 Å². The van der Waals surface area contributed by atoms with Crippen molar-refractivity contribution < 1.29 is 0 Å². The molecule has 0 aliphatic heterocycles. The first-order chi connectivity index (χ1) is 9.18. The molecule has 99 valence electrons. The summed E-state index contributed by atoms with van der Waals surface area (Å²) >= 11 is 0. The molecular weight excluding hydrogens is 228 g/mol. The summed E-state index contributed by atoms with van der Waals surface area (Å²) in [7, 11) is 0. The summed E-state index contributed by atoms with van der Waals surface area (Å²) in [5.41, 5.74) is 3.00. The van der Waals surface area contributed by atoms with E-state index < -0.39 is 0 Å². The van der Waals surface area contributed by atoms with Crippen LogP contribution >= 0.6 is 0 Å². The highest BCUT2D eigenvalue weighted by Crippen LogP contribution is 2.28. The highest BCUT2D eigenvalue weighted by atomic mass is 14.2. The van der Waals surface area contributed by atoms with Gasteiger partial charge in [0.2, 0.25) is 0 Å². The van der Waals surface area contributed by atoms with Crippen molar-refractivity contribution in [1.29, 1.82) is 0 Å². The average Bonchev–Trinajstić information content (AvgIpc) is 2.46. The third kappa shape index (κ3) is 4.24. The van der Waals surface area contributed by atoms with Crippen LogP contribution in [0.2, 0.25) is 0 Å². The lowest BCUT2D eigenvalue weighted by Crippen LogP contribution is -2.17. The Labute approximate surface area is 117 Å². The minimum Gasteiger partial charge on any atom is -0.0622 e. The fourth-order valence-electron chi connectivity index (χ4n) is 2.40. The second-order valence-electron chi connectivity index (χ2n) is 5.67. The number of unbranched alkanes of at least 4 members (excludes halogenated alkanes) is 1. The quantitative estimate of drug-likeness (QED) is 0.620. The van der Waals surface area contributed by atoms with Crippen LogP contribution in [-0.4, -0.2) is 0 Å². The number of benzene rings is 2. The van der Waals surface area contributed by atoms with Crippen molar-refractivity contribution in [3.63, 3.8) is 0 Å². The number of hydrogen-bond acceptors (Lipinski definition) is 0. The first kappa shape index (κ1) is 13.9. The summed E-state index contributed by atoms with van der Waals surface area (Å²) in [6.45, 7) is 4.59. The molecule has 0 saturated heterocycles. The fourth-order valence-corrected chi connectivity index (χ4v) is 2.40. The van der Waals surface area contributed by atoms with Crippen molar-refractivity contribution in [2.24, 2.45) is 0 Å². The van der Waals surface area contributed by atoms with Crippen LogP contribution in [0.1, 0.15) is 37.8 Å². The summed E-state index contributed by atoms with van der Waals surface area (Å²) in [6, 6.07) is 21.5. The summed E-state index contributed by atoms with van der Waals surface area (Å²) in [4.78, 5) is 0. The van der Waals surface area contributed by atoms with E-state index in [-0.39, 0.29) is 5.41 Å². The second-order valence-corrected chi connectivity index (χ2v) is 5.67. The third-order valence-electron chi connectivity index (χ3n) is 3.68. The average molecular weight is 251 g/mol. The zero-order chi connectivity index (χ0) is 13.6. The third-order valence-corrected chi connectivity index (χ3v) is 3.68. The van der Waals surface area contributed by atoms with E-state index in [0.29, 0.717) is 0 Å². The molecule has 0 heteroatoms. The van der Waals surface area contributed by atoms with Gasteiger partial charge in [-0.15, -0.1) is 0 Å². The molecule has 0 unspecified atom stereocenters. The maximum absolute atomic E-state index is 2.45. The van der Waals surface area contributed by atoms with Gasteiger partial charge in [0, 0.05) is 0 Å². The van der Waals surface area contributed by atoms with Gasteiger partial charge >= 0.3 is 0 Å². The molecule has 1 radical (unpaired) electrons. The molecule has 0 bridgehead atoms. The van der Waals surface area contributed by atoms with Crippen molar-refractivity contribution >= 4 is 0 Å². The largest absolute Gasteiger partial charge is 0.0622 e. The molecule has 0 spiro atoms. The van der Waals surface area contributed by atoms with E-state index in [1.54, 1.807) is 0 Å². The van der Waals surface area contributed by atoms with E-state index in [0.717, 1.165) is 6.42 Å². The van der Waals surface area contributed by atoms with Crippen molar-refractivity contribution in [3.05, 3.63) is 78.2 Å². The van der Waals surface area contributed by atoms with Gasteiger partial charge in [-0.1, -0.05) is 74.5 Å². The van der Waals surface area contributed by atoms with Crippen LogP contribution in [0.4, 0.5) is 0 Å². The molecule has 0 atom stereocenters. The molecular formula is C19H23. The topological polar surface area (TPSA) is 0 Å². The zero-order valence-electron chi connectivity index (χ0n) is 12.0. The number of aryl methyl sites for hydroxylation is 1. The molecule has 0 nitrogen and oxygen atoms in total. The molecule has 0 amide bonds. The lowest BCUT2D eigenvalue weighted by atomic mass is 9.80. The van der Waals surface area contributed by atoms with Gasteiger partial charge in [-0.2, -0.15) is 0 Å². The second kappa shape index (κ2) is 6.56. The molecule has 2 aromatic rings. The van der Waals surface area contributed by atoms with Gasteiger partial charge < -0.3 is 0 Å². The smallest absolute Gasteiger partial charge is 0.00724 e. The number of hydrogen-bond donors (Lipinski definition) is 0. The van der Waals surface area contributed by atoms with Crippen LogP contribution in [0, 0.1) is 6.42 Å². The first-order valence-corrected chi connectivity index (χ1v) is 7.12. The molecule has 0 heterocycles. The molecule has 19 heavy (non-hydrogen) atoms. The van der Waals surface area contributed by atoms with Crippen LogP contribution in [0.15, 0.2) is 60.7 Å². The summed E-state index contributed by atoms with van der Waals surface area (Å²) in [5.74, 6) is 0. The Morgan fingerprint density at radius 3 is 2.05 bits per heavy atom. The van der Waals surface area contributed by atoms with Crippen molar-refractivity contribution in [2.45, 2.75) is 38.5 Å². The standard InChI is InChI=1S/C19H23/c1-19(2,18-14-7-4-8-15-18)16-10-9-13-17-11-5-3-6-12-17/h3-8,11-12,14-16H,9-10,13H2,1-2H3. The fraction of sp³-hybridized carbons (Fsp3) is 0.316. The maximum atomic E-state index is 2.45. The predicted molar refractivity (Wildman–Crippen MR) is 83.1 cm³/mol. The highest BCUT2D eigenvalue weighted by molar-refractivity contribution is 5.26. The number of rotatable bonds is 6. The Balaban J connectivity index is 1.79. The van der Waals surface area contributed by atoms with Crippen LogP contribution in [0.25, 0.3) is 0 Å². The predicted octanol–water partition coefficient (Wildman–Crippen LogP) is 5.19. The minimum atomic E-state index is 0.165. The first-order valence-electron chi connectivity index (χ1n) is 7.12. The van der Waals surface area contributed by atoms with Crippen LogP contribution in [0.3, 0.4) is 0 Å². The van der Waals surface area contributed by atoms with Crippen LogP contribution < -0.4 is 0 Å². The molecule has 0 aromatic heterocycles. The molecule has 0 saturated carbocycles. The Morgan fingerprint density at radius 1 is 0.842 bits per heavy atom. The maximum Gasteiger partial charge on any atom is -0.00724 e. The van der Waals surface area contributed by atoms with Gasteiger partial charge in [-0.25, -0.2) is 0 Å². The Kier molecular flexibility index (Phi) is 4.79. The molecule has 0 aliphatic rings.